The smallest absolute Gasteiger partial charge is 0.271 e. The van der Waals surface area contributed by atoms with Crippen LogP contribution in [0.1, 0.15) is 66.3 Å². The molecule has 402 valence electrons. The van der Waals surface area contributed by atoms with Crippen LogP contribution in [-0.2, 0) is 28.7 Å². The Morgan fingerprint density at radius 1 is 0.818 bits per heavy atom. The van der Waals surface area contributed by atoms with Crippen LogP contribution >= 0.6 is 68.9 Å². The van der Waals surface area contributed by atoms with Crippen LogP contribution in [0, 0.1) is 5.92 Å². The monoisotopic (exact) mass is 1160 g/mol. The summed E-state index contributed by atoms with van der Waals surface area (Å²) < 4.78 is 5.40. The van der Waals surface area contributed by atoms with E-state index in [1.54, 1.807) is 77.8 Å². The number of thioether (sulfide) groups is 2. The first-order valence-corrected chi connectivity index (χ1v) is 29.3. The van der Waals surface area contributed by atoms with E-state index in [1.807, 2.05) is 0 Å². The number of carbonyl (C=O) groups excluding carboxylic acids is 6. The van der Waals surface area contributed by atoms with E-state index in [9.17, 15) is 39.0 Å². The topological polar surface area (TPSA) is 313 Å². The zero-order valence-electron chi connectivity index (χ0n) is 41.5. The maximum atomic E-state index is 14.2. The number of aliphatic imine (C=N–C) groups is 2. The molecule has 10 bridgehead atoms. The predicted octanol–water partition coefficient (Wildman–Crippen LogP) is 4.68. The zero-order chi connectivity index (χ0) is 54.3. The van der Waals surface area contributed by atoms with Crippen molar-refractivity contribution in [2.75, 3.05) is 39.2 Å². The molecule has 0 radical (unpaired) electrons. The highest BCUT2D eigenvalue weighted by Crippen LogP contribution is 2.40. The van der Waals surface area contributed by atoms with Crippen molar-refractivity contribution in [3.8, 4) is 43.4 Å². The van der Waals surface area contributed by atoms with Crippen LogP contribution in [0.2, 0.25) is 0 Å². The van der Waals surface area contributed by atoms with Crippen molar-refractivity contribution in [3.05, 3.63) is 80.2 Å². The summed E-state index contributed by atoms with van der Waals surface area (Å²) in [6.07, 6.45) is -0.449. The molecule has 6 amide bonds. The Morgan fingerprint density at radius 2 is 1.56 bits per heavy atom. The molecule has 4 unspecified atom stereocenters. The molecule has 0 fully saturated rings. The molecule has 8 atom stereocenters. The number of anilines is 1. The van der Waals surface area contributed by atoms with Crippen molar-refractivity contribution in [1.29, 1.82) is 0 Å². The summed E-state index contributed by atoms with van der Waals surface area (Å²) in [6, 6.07) is 8.31. The maximum absolute atomic E-state index is 14.2. The Hall–Kier alpha value is -6.37. The fraction of sp³-hybridized carbons (Fsp3) is 0.367. The van der Waals surface area contributed by atoms with Crippen LogP contribution in [0.4, 0.5) is 5.82 Å². The molecule has 8 N–H and O–H groups in total. The van der Waals surface area contributed by atoms with E-state index >= 15 is 0 Å². The van der Waals surface area contributed by atoms with Gasteiger partial charge in [0.05, 0.1) is 41.6 Å². The molecule has 28 heteroatoms. The number of pyridine rings is 1. The molecule has 3 aliphatic heterocycles. The number of nitrogens with one attached hydrogen (secondary N) is 6. The number of aliphatic hydroxyl groups is 2. The van der Waals surface area contributed by atoms with Gasteiger partial charge in [0.25, 0.3) is 11.8 Å². The summed E-state index contributed by atoms with van der Waals surface area (Å²) in [6.45, 7) is 3.16. The number of ether oxygens (including phenoxy) is 1. The Balaban J connectivity index is 1.10. The Labute approximate surface area is 465 Å². The van der Waals surface area contributed by atoms with Crippen molar-refractivity contribution in [2.24, 2.45) is 15.9 Å². The maximum Gasteiger partial charge on any atom is 0.271 e. The van der Waals surface area contributed by atoms with Gasteiger partial charge in [0.2, 0.25) is 23.6 Å². The SMILES string of the molecule is CNC(=O)C[C@@H]1NC(=O)c2csc(n2)-c2ccc(-c3nc(NC(=O)[C@H](C)CCCO)cs3)nc2-c2csc(n2)-c2csc(n2)[C@H]([C@@H](O)c2ccccc2)NC(=O)CNC(=O)C2N=C(NC(=O)C3N=C1SC3C)SC2COC. The largest absolute Gasteiger partial charge is 0.396 e. The molecule has 0 saturated carbocycles. The highest BCUT2D eigenvalue weighted by Gasteiger charge is 2.41. The van der Waals surface area contributed by atoms with Crippen molar-refractivity contribution in [1.82, 2.24) is 51.5 Å². The van der Waals surface area contributed by atoms with Crippen molar-refractivity contribution in [2.45, 2.75) is 73.9 Å². The first kappa shape index (κ1) is 55.4. The fourth-order valence-electron chi connectivity index (χ4n) is 8.21. The van der Waals surface area contributed by atoms with Crippen molar-refractivity contribution < 1.29 is 43.7 Å². The first-order chi connectivity index (χ1) is 37.2. The second-order valence-corrected chi connectivity index (χ2v) is 23.9. The first-order valence-electron chi connectivity index (χ1n) is 24.1. The number of hydrogen-bond donors (Lipinski definition) is 8. The predicted molar refractivity (Wildman–Crippen MR) is 299 cm³/mol. The van der Waals surface area contributed by atoms with E-state index in [-0.39, 0.29) is 48.2 Å². The number of aromatic nitrogens is 5. The van der Waals surface area contributed by atoms with Crippen LogP contribution in [0.3, 0.4) is 0 Å². The summed E-state index contributed by atoms with van der Waals surface area (Å²) in [5.41, 5.74) is 2.80. The van der Waals surface area contributed by atoms with Gasteiger partial charge in [0.1, 0.15) is 72.9 Å². The number of aliphatic hydroxyl groups excluding tert-OH is 2. The summed E-state index contributed by atoms with van der Waals surface area (Å²) >= 11 is 7.31. The van der Waals surface area contributed by atoms with Gasteiger partial charge in [-0.15, -0.1) is 57.1 Å². The van der Waals surface area contributed by atoms with Gasteiger partial charge >= 0.3 is 0 Å². The summed E-state index contributed by atoms with van der Waals surface area (Å²) in [4.78, 5) is 115. The van der Waals surface area contributed by atoms with Crippen LogP contribution in [0.15, 0.2) is 74.0 Å². The molecule has 77 heavy (non-hydrogen) atoms. The average Bonchev–Trinajstić information content (AvgIpc) is 4.32. The summed E-state index contributed by atoms with van der Waals surface area (Å²) in [5, 5.41) is 45.9. The molecular formula is C49H51N13O9S6. The van der Waals surface area contributed by atoms with Crippen molar-refractivity contribution >= 4 is 120 Å². The highest BCUT2D eigenvalue weighted by molar-refractivity contribution is 8.15. The molecule has 0 spiro atoms. The van der Waals surface area contributed by atoms with Gasteiger partial charge in [-0.2, -0.15) is 0 Å². The van der Waals surface area contributed by atoms with E-state index in [4.69, 9.17) is 29.7 Å². The van der Waals surface area contributed by atoms with Gasteiger partial charge in [-0.25, -0.2) is 29.9 Å². The molecule has 6 aromatic rings. The van der Waals surface area contributed by atoms with Gasteiger partial charge in [0.15, 0.2) is 5.17 Å². The van der Waals surface area contributed by atoms with Gasteiger partial charge in [0, 0.05) is 59.0 Å². The minimum absolute atomic E-state index is 0.0173. The lowest BCUT2D eigenvalue weighted by molar-refractivity contribution is -0.127. The second-order valence-electron chi connectivity index (χ2n) is 17.8. The Bertz CT molecular complexity index is 3240. The van der Waals surface area contributed by atoms with Gasteiger partial charge in [-0.1, -0.05) is 55.9 Å². The number of fused-ring (bicyclic) bond motifs is 12. The average molecular weight is 1160 g/mol. The number of amides is 6. The van der Waals surface area contributed by atoms with E-state index in [0.717, 1.165) is 11.8 Å². The molecule has 22 nitrogen and oxygen atoms in total. The quantitative estimate of drug-likeness (QED) is 0.0825. The van der Waals surface area contributed by atoms with E-state index in [0.29, 0.717) is 77.6 Å². The normalized spacial score (nSPS) is 21.7. The lowest BCUT2D eigenvalue weighted by Crippen LogP contribution is -2.45. The fourth-order valence-corrected chi connectivity index (χ4v) is 13.8. The molecule has 0 saturated heterocycles. The zero-order valence-corrected chi connectivity index (χ0v) is 46.4. The highest BCUT2D eigenvalue weighted by atomic mass is 32.2. The van der Waals surface area contributed by atoms with Gasteiger partial charge in [-0.05, 0) is 30.5 Å². The number of thiazole rings is 4. The number of carbonyl (C=O) groups is 6. The summed E-state index contributed by atoms with van der Waals surface area (Å²) in [7, 11) is 2.95. The number of amidine groups is 1. The lowest BCUT2D eigenvalue weighted by Gasteiger charge is -2.23. The molecule has 5 aromatic heterocycles. The molecule has 0 aliphatic carbocycles. The van der Waals surface area contributed by atoms with E-state index < -0.39 is 70.9 Å². The minimum atomic E-state index is -1.26. The molecular weight excluding hydrogens is 1110 g/mol. The third kappa shape index (κ3) is 13.0. The number of methoxy groups -OCH3 is 1. The number of rotatable bonds is 12. The van der Waals surface area contributed by atoms with Crippen LogP contribution in [0.25, 0.3) is 43.4 Å². The molecule has 9 rings (SSSR count). The third-order valence-corrected chi connectivity index (χ3v) is 18.2. The molecule has 8 heterocycles. The van der Waals surface area contributed by atoms with Crippen LogP contribution in [-0.4, -0.2) is 143 Å². The molecule has 3 aliphatic rings. The van der Waals surface area contributed by atoms with Gasteiger partial charge in [-0.3, -0.25) is 33.8 Å². The molecule has 1 aromatic carbocycles. The van der Waals surface area contributed by atoms with Gasteiger partial charge < -0.3 is 46.9 Å². The minimum Gasteiger partial charge on any atom is -0.396 e. The van der Waals surface area contributed by atoms with E-state index in [2.05, 4.69) is 41.9 Å². The number of benzene rings is 1. The van der Waals surface area contributed by atoms with Crippen LogP contribution in [0.5, 0.6) is 0 Å². The summed E-state index contributed by atoms with van der Waals surface area (Å²) in [5.74, 6) is -2.96. The van der Waals surface area contributed by atoms with E-state index in [1.165, 1.54) is 71.3 Å². The Morgan fingerprint density at radius 3 is 2.34 bits per heavy atom. The third-order valence-electron chi connectivity index (χ3n) is 12.3. The standard InChI is InChI=1S/C49H51N13O9S6/c1-22(9-8-14-63)40(67)57-32-21-75-45(58-32)26-13-12-25-36(52-26)28-18-73-46(54-28)30-20-74-48(56-30)38(39(66)24-10-6-5-7-11-24)59-34(65)16-51-42(69)37-31(17-71-4)77-49(61-37)62-43(70)35-23(2)76-47(60-35)27(15-33(64)50-3)53-41(68)29-19-72-44(25)55-29/h5-7,10-13,18-23,27,31,35,37-39,63,66H,8-9,14-17H2,1-4H3,(H,50,64)(H,51,69)(H,53,68)(H,57,67)(H,59,65)(H,61,62,70)/t22-,23?,27+,31?,35?,37?,38+,39+/m1/s1. The number of hydrogen-bond acceptors (Lipinski definition) is 22. The lowest BCUT2D eigenvalue weighted by atomic mass is 10.0. The Kier molecular flexibility index (Phi) is 18.0. The number of nitrogens with zero attached hydrogens (tertiary/aromatic N) is 7. The van der Waals surface area contributed by atoms with Crippen molar-refractivity contribution in [3.63, 3.8) is 0 Å². The van der Waals surface area contributed by atoms with Crippen LogP contribution < -0.4 is 31.9 Å². The second kappa shape index (κ2) is 25.0.